The number of hydrogen-bond acceptors (Lipinski definition) is 5. The predicted molar refractivity (Wildman–Crippen MR) is 113 cm³/mol. The van der Waals surface area contributed by atoms with Crippen LogP contribution in [0, 0.1) is 0 Å². The smallest absolute Gasteiger partial charge is 0.339 e. The van der Waals surface area contributed by atoms with Crippen LogP contribution in [0.5, 0.6) is 0 Å². The van der Waals surface area contributed by atoms with Gasteiger partial charge < -0.3 is 4.74 Å². The number of aromatic nitrogens is 1. The van der Waals surface area contributed by atoms with Gasteiger partial charge in [0, 0.05) is 35.9 Å². The average molecular weight is 401 g/mol. The minimum Gasteiger partial charge on any atom is -0.462 e. The van der Waals surface area contributed by atoms with Crippen LogP contribution < -0.4 is 0 Å². The largest absolute Gasteiger partial charge is 0.462 e. The molecule has 152 valence electrons. The van der Waals surface area contributed by atoms with Crippen molar-refractivity contribution in [3.63, 3.8) is 0 Å². The number of rotatable bonds is 9. The van der Waals surface area contributed by atoms with E-state index in [9.17, 15) is 14.4 Å². The predicted octanol–water partition coefficient (Wildman–Crippen LogP) is 4.62. The summed E-state index contributed by atoms with van der Waals surface area (Å²) in [5.41, 5.74) is 2.36. The van der Waals surface area contributed by atoms with E-state index in [0.29, 0.717) is 29.5 Å². The molecule has 3 rings (SSSR count). The van der Waals surface area contributed by atoms with Crippen molar-refractivity contribution in [2.75, 3.05) is 6.61 Å². The minimum absolute atomic E-state index is 0.0386. The lowest BCUT2D eigenvalue weighted by Crippen LogP contribution is -2.12. The Hall–Kier alpha value is -3.60. The van der Waals surface area contributed by atoms with Gasteiger partial charge in [0.25, 0.3) is 0 Å². The second-order valence-electron chi connectivity index (χ2n) is 6.99. The second-order valence-corrected chi connectivity index (χ2v) is 6.99. The Bertz CT molecular complexity index is 1020. The van der Waals surface area contributed by atoms with Gasteiger partial charge in [0.05, 0.1) is 12.2 Å². The molecule has 1 unspecified atom stereocenters. The first-order valence-electron chi connectivity index (χ1n) is 9.86. The van der Waals surface area contributed by atoms with Crippen LogP contribution >= 0.6 is 0 Å². The molecule has 0 fully saturated rings. The standard InChI is InChI=1S/C25H23NO4/c1-18(23(27)13-7-15-30-25(29)22-12-6-14-26-17-22)20-10-5-11-21(16-20)24(28)19-8-3-2-4-9-19/h2-6,8-12,14,16-18H,7,13,15H2,1H3. The molecule has 0 aliphatic carbocycles. The third kappa shape index (κ3) is 5.47. The third-order valence-corrected chi connectivity index (χ3v) is 4.87. The quantitative estimate of drug-likeness (QED) is 0.297. The fourth-order valence-electron chi connectivity index (χ4n) is 3.09. The van der Waals surface area contributed by atoms with Crippen molar-refractivity contribution in [2.45, 2.75) is 25.7 Å². The van der Waals surface area contributed by atoms with Crippen LogP contribution in [0.3, 0.4) is 0 Å². The first-order chi connectivity index (χ1) is 14.6. The first-order valence-corrected chi connectivity index (χ1v) is 9.86. The van der Waals surface area contributed by atoms with Crippen LogP contribution in [-0.4, -0.2) is 29.1 Å². The topological polar surface area (TPSA) is 73.3 Å². The fraction of sp³-hybridized carbons (Fsp3) is 0.200. The minimum atomic E-state index is -0.448. The summed E-state index contributed by atoms with van der Waals surface area (Å²) in [7, 11) is 0. The molecule has 0 radical (unpaired) electrons. The van der Waals surface area contributed by atoms with E-state index in [1.807, 2.05) is 31.2 Å². The van der Waals surface area contributed by atoms with Crippen LogP contribution in [-0.2, 0) is 9.53 Å². The Kier molecular flexibility index (Phi) is 7.22. The molecular formula is C25H23NO4. The van der Waals surface area contributed by atoms with Crippen molar-refractivity contribution in [3.8, 4) is 0 Å². The molecule has 5 heteroatoms. The summed E-state index contributed by atoms with van der Waals surface area (Å²) in [5, 5.41) is 0. The first kappa shape index (κ1) is 21.1. The van der Waals surface area contributed by atoms with Crippen molar-refractivity contribution >= 4 is 17.5 Å². The molecule has 0 bridgehead atoms. The molecule has 5 nitrogen and oxygen atoms in total. The van der Waals surface area contributed by atoms with Gasteiger partial charge in [-0.05, 0) is 30.2 Å². The average Bonchev–Trinajstić information content (AvgIpc) is 2.81. The van der Waals surface area contributed by atoms with Crippen molar-refractivity contribution < 1.29 is 19.1 Å². The number of carbonyl (C=O) groups excluding carboxylic acids is 3. The summed E-state index contributed by atoms with van der Waals surface area (Å²) < 4.78 is 5.19. The van der Waals surface area contributed by atoms with Crippen molar-refractivity contribution in [1.82, 2.24) is 4.98 Å². The fourth-order valence-corrected chi connectivity index (χ4v) is 3.09. The van der Waals surface area contributed by atoms with Gasteiger partial charge >= 0.3 is 5.97 Å². The summed E-state index contributed by atoms with van der Waals surface area (Å²) in [6.07, 6.45) is 3.76. The number of benzene rings is 2. The monoisotopic (exact) mass is 401 g/mol. The van der Waals surface area contributed by atoms with Gasteiger partial charge in [-0.1, -0.05) is 55.5 Å². The van der Waals surface area contributed by atoms with Crippen molar-refractivity contribution in [1.29, 1.82) is 0 Å². The van der Waals surface area contributed by atoms with Crippen LogP contribution in [0.2, 0.25) is 0 Å². The van der Waals surface area contributed by atoms with E-state index in [-0.39, 0.29) is 24.1 Å². The summed E-state index contributed by atoms with van der Waals surface area (Å²) >= 11 is 0. The highest BCUT2D eigenvalue weighted by Crippen LogP contribution is 2.21. The number of nitrogens with zero attached hydrogens (tertiary/aromatic N) is 1. The van der Waals surface area contributed by atoms with Crippen LogP contribution in [0.25, 0.3) is 0 Å². The maximum absolute atomic E-state index is 12.6. The summed E-state index contributed by atoms with van der Waals surface area (Å²) in [6.45, 7) is 1.99. The summed E-state index contributed by atoms with van der Waals surface area (Å²) in [5.74, 6) is -0.825. The molecule has 0 aliphatic heterocycles. The van der Waals surface area contributed by atoms with Crippen LogP contribution in [0.4, 0.5) is 0 Å². The van der Waals surface area contributed by atoms with Crippen LogP contribution in [0.15, 0.2) is 79.1 Å². The van der Waals surface area contributed by atoms with Gasteiger partial charge in [0.1, 0.15) is 5.78 Å². The Morgan fingerprint density at radius 1 is 0.900 bits per heavy atom. The van der Waals surface area contributed by atoms with E-state index < -0.39 is 5.97 Å². The highest BCUT2D eigenvalue weighted by Gasteiger charge is 2.17. The molecule has 1 aromatic heterocycles. The molecule has 3 aromatic rings. The zero-order valence-electron chi connectivity index (χ0n) is 16.8. The van der Waals surface area contributed by atoms with E-state index in [1.54, 1.807) is 48.7 Å². The lowest BCUT2D eigenvalue weighted by Gasteiger charge is -2.12. The number of ether oxygens (including phenoxy) is 1. The zero-order chi connectivity index (χ0) is 21.3. The normalized spacial score (nSPS) is 11.5. The molecule has 1 heterocycles. The molecule has 1 atom stereocenters. The number of Topliss-reactive ketones (excluding diaryl/α,β-unsaturated/α-hetero) is 1. The second kappa shape index (κ2) is 10.3. The maximum Gasteiger partial charge on any atom is 0.339 e. The van der Waals surface area contributed by atoms with E-state index in [1.165, 1.54) is 6.20 Å². The van der Waals surface area contributed by atoms with Gasteiger partial charge in [0.15, 0.2) is 5.78 Å². The molecule has 0 spiro atoms. The van der Waals surface area contributed by atoms with Gasteiger partial charge in [0.2, 0.25) is 0 Å². The third-order valence-electron chi connectivity index (χ3n) is 4.87. The Morgan fingerprint density at radius 3 is 2.37 bits per heavy atom. The maximum atomic E-state index is 12.6. The van der Waals surface area contributed by atoms with Gasteiger partial charge in [-0.25, -0.2) is 4.79 Å². The molecule has 2 aromatic carbocycles. The SMILES string of the molecule is CC(C(=O)CCCOC(=O)c1cccnc1)c1cccc(C(=O)c2ccccc2)c1. The molecule has 0 amide bonds. The molecule has 30 heavy (non-hydrogen) atoms. The lowest BCUT2D eigenvalue weighted by molar-refractivity contribution is -0.120. The number of ketones is 2. The van der Waals surface area contributed by atoms with Crippen LogP contribution in [0.1, 0.15) is 57.5 Å². The van der Waals surface area contributed by atoms with Gasteiger partial charge in [-0.3, -0.25) is 14.6 Å². The number of pyridine rings is 1. The van der Waals surface area contributed by atoms with E-state index in [0.717, 1.165) is 5.56 Å². The summed E-state index contributed by atoms with van der Waals surface area (Å²) in [6, 6.07) is 19.5. The number of esters is 1. The van der Waals surface area contributed by atoms with Crippen molar-refractivity contribution in [3.05, 3.63) is 101 Å². The van der Waals surface area contributed by atoms with E-state index in [4.69, 9.17) is 4.74 Å². The lowest BCUT2D eigenvalue weighted by atomic mass is 9.91. The zero-order valence-corrected chi connectivity index (χ0v) is 16.8. The molecule has 0 N–H and O–H groups in total. The number of carbonyl (C=O) groups is 3. The highest BCUT2D eigenvalue weighted by molar-refractivity contribution is 6.09. The molecule has 0 saturated heterocycles. The Labute approximate surface area is 175 Å². The Morgan fingerprint density at radius 2 is 1.63 bits per heavy atom. The molecule has 0 aliphatic rings. The molecule has 0 saturated carbocycles. The van der Waals surface area contributed by atoms with E-state index >= 15 is 0 Å². The van der Waals surface area contributed by atoms with Gasteiger partial charge in [-0.15, -0.1) is 0 Å². The molecular weight excluding hydrogens is 378 g/mol. The highest BCUT2D eigenvalue weighted by atomic mass is 16.5. The number of hydrogen-bond donors (Lipinski definition) is 0. The summed E-state index contributed by atoms with van der Waals surface area (Å²) in [4.78, 5) is 41.0. The van der Waals surface area contributed by atoms with Gasteiger partial charge in [-0.2, -0.15) is 0 Å². The van der Waals surface area contributed by atoms with Crippen molar-refractivity contribution in [2.24, 2.45) is 0 Å². The van der Waals surface area contributed by atoms with E-state index in [2.05, 4.69) is 4.98 Å². The Balaban J connectivity index is 1.53.